The summed E-state index contributed by atoms with van der Waals surface area (Å²) in [4.78, 5) is 25.1. The van der Waals surface area contributed by atoms with Crippen LogP contribution in [0.3, 0.4) is 0 Å². The van der Waals surface area contributed by atoms with Crippen LogP contribution in [0.25, 0.3) is 10.5 Å². The van der Waals surface area contributed by atoms with E-state index in [-0.39, 0.29) is 0 Å². The largest absolute Gasteiger partial charge is 0.496 e. The molecule has 0 saturated heterocycles. The molecule has 2 aromatic heterocycles. The molecule has 0 unspecified atom stereocenters. The molecular formula is C15H14N4O3S. The van der Waals surface area contributed by atoms with Crippen LogP contribution in [-0.2, 0) is 11.3 Å². The second-order valence-electron chi connectivity index (χ2n) is 4.58. The lowest BCUT2D eigenvalue weighted by Crippen LogP contribution is -2.05. The van der Waals surface area contributed by atoms with Crippen molar-refractivity contribution in [3.05, 3.63) is 41.7 Å². The Bertz CT molecular complexity index is 817. The minimum Gasteiger partial charge on any atom is -0.496 e. The van der Waals surface area contributed by atoms with Crippen LogP contribution in [0.1, 0.15) is 15.9 Å². The molecule has 0 amide bonds. The highest BCUT2D eigenvalue weighted by Gasteiger charge is 2.11. The van der Waals surface area contributed by atoms with Gasteiger partial charge in [-0.2, -0.15) is 4.98 Å². The summed E-state index contributed by atoms with van der Waals surface area (Å²) in [7, 11) is 2.91. The zero-order valence-electron chi connectivity index (χ0n) is 12.6. The SMILES string of the molecule is COC(=O)c1ccc(CNc2nc3nccnc3s2)c(OC)c1. The molecule has 23 heavy (non-hydrogen) atoms. The Hall–Kier alpha value is -2.74. The molecule has 0 spiro atoms. The first kappa shape index (κ1) is 15.2. The molecule has 1 aromatic carbocycles. The lowest BCUT2D eigenvalue weighted by molar-refractivity contribution is 0.0600. The zero-order chi connectivity index (χ0) is 16.2. The fraction of sp³-hybridized carbons (Fsp3) is 0.200. The zero-order valence-corrected chi connectivity index (χ0v) is 13.4. The number of aromatic nitrogens is 3. The third-order valence-electron chi connectivity index (χ3n) is 3.19. The van der Waals surface area contributed by atoms with Crippen LogP contribution in [0.2, 0.25) is 0 Å². The summed E-state index contributed by atoms with van der Waals surface area (Å²) in [5.41, 5.74) is 1.97. The molecule has 0 aliphatic rings. The number of nitrogens with one attached hydrogen (secondary N) is 1. The summed E-state index contributed by atoms with van der Waals surface area (Å²) in [6.07, 6.45) is 3.25. The summed E-state index contributed by atoms with van der Waals surface area (Å²) < 4.78 is 10.0. The number of anilines is 1. The van der Waals surface area contributed by atoms with Crippen molar-refractivity contribution >= 4 is 32.9 Å². The van der Waals surface area contributed by atoms with Crippen molar-refractivity contribution in [1.82, 2.24) is 15.0 Å². The van der Waals surface area contributed by atoms with Crippen LogP contribution in [0.5, 0.6) is 5.75 Å². The Balaban J connectivity index is 1.78. The van der Waals surface area contributed by atoms with Crippen molar-refractivity contribution in [3.8, 4) is 5.75 Å². The smallest absolute Gasteiger partial charge is 0.337 e. The van der Waals surface area contributed by atoms with Gasteiger partial charge < -0.3 is 14.8 Å². The van der Waals surface area contributed by atoms with Crippen molar-refractivity contribution in [2.24, 2.45) is 0 Å². The number of ether oxygens (including phenoxy) is 2. The summed E-state index contributed by atoms with van der Waals surface area (Å²) in [5, 5.41) is 3.95. The van der Waals surface area contributed by atoms with E-state index in [4.69, 9.17) is 9.47 Å². The first-order chi connectivity index (χ1) is 11.2. The van der Waals surface area contributed by atoms with Crippen LogP contribution < -0.4 is 10.1 Å². The maximum Gasteiger partial charge on any atom is 0.337 e. The highest BCUT2D eigenvalue weighted by atomic mass is 32.1. The molecule has 7 nitrogen and oxygen atoms in total. The van der Waals surface area contributed by atoms with E-state index in [1.807, 2.05) is 6.07 Å². The molecule has 0 radical (unpaired) electrons. The molecule has 0 fully saturated rings. The van der Waals surface area contributed by atoms with Crippen molar-refractivity contribution < 1.29 is 14.3 Å². The van der Waals surface area contributed by atoms with Crippen molar-refractivity contribution in [2.75, 3.05) is 19.5 Å². The predicted molar refractivity (Wildman–Crippen MR) is 86.9 cm³/mol. The molecule has 0 aliphatic carbocycles. The van der Waals surface area contributed by atoms with Gasteiger partial charge in [0.05, 0.1) is 19.8 Å². The average molecular weight is 330 g/mol. The number of hydrogen-bond acceptors (Lipinski definition) is 8. The maximum atomic E-state index is 11.6. The van der Waals surface area contributed by atoms with Crippen LogP contribution in [0.15, 0.2) is 30.6 Å². The fourth-order valence-corrected chi connectivity index (χ4v) is 2.82. The van der Waals surface area contributed by atoms with Gasteiger partial charge in [-0.3, -0.25) is 0 Å². The second kappa shape index (κ2) is 6.57. The van der Waals surface area contributed by atoms with E-state index in [9.17, 15) is 4.79 Å². The van der Waals surface area contributed by atoms with Crippen LogP contribution in [0.4, 0.5) is 5.13 Å². The van der Waals surface area contributed by atoms with Gasteiger partial charge in [0, 0.05) is 24.5 Å². The predicted octanol–water partition coefficient (Wildman–Crippen LogP) is 2.49. The molecule has 2 heterocycles. The van der Waals surface area contributed by atoms with Gasteiger partial charge in [-0.25, -0.2) is 14.8 Å². The maximum absolute atomic E-state index is 11.6. The van der Waals surface area contributed by atoms with Gasteiger partial charge >= 0.3 is 5.97 Å². The Morgan fingerprint density at radius 1 is 1.26 bits per heavy atom. The molecule has 0 atom stereocenters. The van der Waals surface area contributed by atoms with E-state index in [1.54, 1.807) is 31.6 Å². The van der Waals surface area contributed by atoms with Gasteiger partial charge in [0.1, 0.15) is 5.75 Å². The summed E-state index contributed by atoms with van der Waals surface area (Å²) in [6, 6.07) is 5.18. The van der Waals surface area contributed by atoms with Crippen LogP contribution >= 0.6 is 11.3 Å². The number of methoxy groups -OCH3 is 2. The number of nitrogens with zero attached hydrogens (tertiary/aromatic N) is 3. The first-order valence-electron chi connectivity index (χ1n) is 6.78. The van der Waals surface area contributed by atoms with Gasteiger partial charge in [0.15, 0.2) is 15.6 Å². The number of thiazole rings is 1. The Kier molecular flexibility index (Phi) is 4.33. The van der Waals surface area contributed by atoms with Gasteiger partial charge in [-0.15, -0.1) is 0 Å². The number of carbonyl (C=O) groups is 1. The van der Waals surface area contributed by atoms with E-state index in [2.05, 4.69) is 20.3 Å². The van der Waals surface area contributed by atoms with Crippen LogP contribution in [0, 0.1) is 0 Å². The Morgan fingerprint density at radius 3 is 2.83 bits per heavy atom. The van der Waals surface area contributed by atoms with Gasteiger partial charge in [0.2, 0.25) is 0 Å². The van der Waals surface area contributed by atoms with E-state index < -0.39 is 5.97 Å². The third-order valence-corrected chi connectivity index (χ3v) is 4.10. The molecule has 0 saturated carbocycles. The lowest BCUT2D eigenvalue weighted by Gasteiger charge is -2.10. The fourth-order valence-electron chi connectivity index (χ4n) is 2.06. The van der Waals surface area contributed by atoms with Crippen molar-refractivity contribution in [3.63, 3.8) is 0 Å². The number of hydrogen-bond donors (Lipinski definition) is 1. The van der Waals surface area contributed by atoms with Gasteiger partial charge in [-0.05, 0) is 12.1 Å². The third kappa shape index (κ3) is 3.21. The normalized spacial score (nSPS) is 10.5. The van der Waals surface area contributed by atoms with E-state index in [1.165, 1.54) is 18.4 Å². The number of carbonyl (C=O) groups excluding carboxylic acids is 1. The highest BCUT2D eigenvalue weighted by Crippen LogP contribution is 2.25. The molecule has 8 heteroatoms. The second-order valence-corrected chi connectivity index (χ2v) is 5.55. The quantitative estimate of drug-likeness (QED) is 0.719. The molecule has 0 bridgehead atoms. The minimum absolute atomic E-state index is 0.397. The van der Waals surface area contributed by atoms with Crippen LogP contribution in [-0.4, -0.2) is 35.1 Å². The van der Waals surface area contributed by atoms with Crippen molar-refractivity contribution in [2.45, 2.75) is 6.54 Å². The standard InChI is InChI=1S/C15H14N4O3S/c1-21-11-7-9(14(20)22-2)3-4-10(11)8-18-15-19-12-13(23-15)17-6-5-16-12/h3-7H,8H2,1-2H3,(H,16,18,19). The van der Waals surface area contributed by atoms with E-state index in [0.717, 1.165) is 15.5 Å². The highest BCUT2D eigenvalue weighted by molar-refractivity contribution is 7.21. The molecule has 1 N–H and O–H groups in total. The summed E-state index contributed by atoms with van der Waals surface area (Å²) in [6.45, 7) is 0.504. The Labute approximate surface area is 136 Å². The molecule has 0 aliphatic heterocycles. The Morgan fingerprint density at radius 2 is 2.09 bits per heavy atom. The van der Waals surface area contributed by atoms with E-state index >= 15 is 0 Å². The van der Waals surface area contributed by atoms with E-state index in [0.29, 0.717) is 23.5 Å². The first-order valence-corrected chi connectivity index (χ1v) is 7.59. The summed E-state index contributed by atoms with van der Waals surface area (Å²) in [5.74, 6) is 0.212. The number of esters is 1. The lowest BCUT2D eigenvalue weighted by atomic mass is 10.1. The monoisotopic (exact) mass is 330 g/mol. The van der Waals surface area contributed by atoms with Gasteiger partial charge in [0.25, 0.3) is 0 Å². The topological polar surface area (TPSA) is 86.2 Å². The molecule has 3 rings (SSSR count). The van der Waals surface area contributed by atoms with Crippen molar-refractivity contribution in [1.29, 1.82) is 0 Å². The average Bonchev–Trinajstić information content (AvgIpc) is 3.02. The molecule has 118 valence electrons. The minimum atomic E-state index is -0.397. The molecular weight excluding hydrogens is 316 g/mol. The number of rotatable bonds is 5. The van der Waals surface area contributed by atoms with Gasteiger partial charge in [-0.1, -0.05) is 17.4 Å². The number of benzene rings is 1. The number of fused-ring (bicyclic) bond motifs is 1. The summed E-state index contributed by atoms with van der Waals surface area (Å²) >= 11 is 1.43. The molecule has 3 aromatic rings.